The molecule has 5 heteroatoms. The van der Waals surface area contributed by atoms with Crippen LogP contribution in [0.3, 0.4) is 0 Å². The lowest BCUT2D eigenvalue weighted by Crippen LogP contribution is -2.43. The maximum Gasteiger partial charge on any atom is 0.293 e. The Kier molecular flexibility index (Phi) is 4.88. The van der Waals surface area contributed by atoms with E-state index in [1.54, 1.807) is 24.3 Å². The summed E-state index contributed by atoms with van der Waals surface area (Å²) in [5.74, 6) is -0.220. The van der Waals surface area contributed by atoms with Crippen LogP contribution in [0.4, 0.5) is 11.4 Å². The van der Waals surface area contributed by atoms with Crippen molar-refractivity contribution in [3.05, 3.63) is 54.4 Å². The summed E-state index contributed by atoms with van der Waals surface area (Å²) in [6.07, 6.45) is 3.78. The maximum atomic E-state index is 12.3. The van der Waals surface area contributed by atoms with Crippen molar-refractivity contribution in [1.29, 1.82) is 0 Å². The van der Waals surface area contributed by atoms with E-state index in [2.05, 4.69) is 10.6 Å². The third-order valence-electron chi connectivity index (χ3n) is 3.32. The van der Waals surface area contributed by atoms with Gasteiger partial charge in [-0.15, -0.1) is 0 Å². The number of aryl methyl sites for hydroxylation is 1. The monoisotopic (exact) mass is 298 g/mol. The minimum Gasteiger partial charge on any atom is -0.326 e. The Labute approximate surface area is 130 Å². The van der Waals surface area contributed by atoms with Gasteiger partial charge < -0.3 is 10.6 Å². The first kappa shape index (κ1) is 15.7. The fraction of sp³-hybridized carbons (Fsp3) is 0.235. The fourth-order valence-corrected chi connectivity index (χ4v) is 1.99. The van der Waals surface area contributed by atoms with Gasteiger partial charge in [-0.25, -0.2) is 0 Å². The molecule has 114 valence electrons. The smallest absolute Gasteiger partial charge is 0.293 e. The molecule has 0 saturated heterocycles. The molecule has 2 aromatic rings. The zero-order valence-corrected chi connectivity index (χ0v) is 13.0. The highest BCUT2D eigenvalue weighted by Crippen LogP contribution is 2.14. The summed E-state index contributed by atoms with van der Waals surface area (Å²) in [6, 6.07) is 10.6. The lowest BCUT2D eigenvalue weighted by molar-refractivity contribution is -0.705. The van der Waals surface area contributed by atoms with E-state index in [-0.39, 0.29) is 17.9 Å². The summed E-state index contributed by atoms with van der Waals surface area (Å²) < 4.78 is 1.86. The molecule has 0 aliphatic rings. The number of benzene rings is 1. The highest BCUT2D eigenvalue weighted by molar-refractivity contribution is 5.93. The summed E-state index contributed by atoms with van der Waals surface area (Å²) in [5, 5.41) is 5.55. The molecule has 2 N–H and O–H groups in total. The van der Waals surface area contributed by atoms with Gasteiger partial charge in [-0.05, 0) is 36.8 Å². The van der Waals surface area contributed by atoms with Crippen LogP contribution >= 0.6 is 0 Å². The Morgan fingerprint density at radius 2 is 1.45 bits per heavy atom. The van der Waals surface area contributed by atoms with E-state index in [1.807, 2.05) is 42.9 Å². The third-order valence-corrected chi connectivity index (χ3v) is 3.32. The van der Waals surface area contributed by atoms with Crippen molar-refractivity contribution in [3.63, 3.8) is 0 Å². The average molecular weight is 298 g/mol. The first-order valence-corrected chi connectivity index (χ1v) is 7.11. The summed E-state index contributed by atoms with van der Waals surface area (Å²) >= 11 is 0. The van der Waals surface area contributed by atoms with Crippen LogP contribution < -0.4 is 15.2 Å². The average Bonchev–Trinajstić information content (AvgIpc) is 2.49. The molecule has 22 heavy (non-hydrogen) atoms. The number of anilines is 2. The number of rotatable bonds is 4. The van der Waals surface area contributed by atoms with Gasteiger partial charge in [-0.2, -0.15) is 4.57 Å². The van der Waals surface area contributed by atoms with E-state index >= 15 is 0 Å². The molecule has 5 nitrogen and oxygen atoms in total. The molecule has 0 aliphatic carbocycles. The summed E-state index contributed by atoms with van der Waals surface area (Å²) in [5.41, 5.74) is 2.54. The molecule has 0 bridgehead atoms. The van der Waals surface area contributed by atoms with E-state index in [0.29, 0.717) is 11.4 Å². The summed E-state index contributed by atoms with van der Waals surface area (Å²) in [7, 11) is 0. The van der Waals surface area contributed by atoms with E-state index in [0.717, 1.165) is 5.56 Å². The fourth-order valence-electron chi connectivity index (χ4n) is 1.99. The Bertz CT molecular complexity index is 663. The third kappa shape index (κ3) is 4.15. The normalized spacial score (nSPS) is 11.6. The van der Waals surface area contributed by atoms with Crippen LogP contribution in [0.5, 0.6) is 0 Å². The molecule has 2 amide bonds. The van der Waals surface area contributed by atoms with Gasteiger partial charge in [0.1, 0.15) is 0 Å². The van der Waals surface area contributed by atoms with Crippen LogP contribution in [-0.2, 0) is 9.59 Å². The topological polar surface area (TPSA) is 62.1 Å². The number of amides is 2. The summed E-state index contributed by atoms with van der Waals surface area (Å²) in [6.45, 7) is 5.30. The molecule has 0 radical (unpaired) electrons. The molecular formula is C17H20N3O2+. The standard InChI is InChI=1S/C17H19N3O2/c1-12-8-10-20(11-9-12)13(2)17(22)19-16-6-4-15(5-7-16)18-14(3)21/h4-11,13H,1-3H3,(H-,18,19,21,22)/p+1/t13-/m0/s1. The van der Waals surface area contributed by atoms with Crippen LogP contribution in [0, 0.1) is 6.92 Å². The quantitative estimate of drug-likeness (QED) is 0.852. The minimum atomic E-state index is -0.310. The molecule has 0 saturated carbocycles. The molecule has 1 atom stereocenters. The lowest BCUT2D eigenvalue weighted by atomic mass is 10.2. The van der Waals surface area contributed by atoms with Gasteiger partial charge in [0, 0.05) is 37.4 Å². The van der Waals surface area contributed by atoms with Gasteiger partial charge in [0.2, 0.25) is 11.9 Å². The Morgan fingerprint density at radius 1 is 0.955 bits per heavy atom. The molecule has 1 heterocycles. The number of carbonyl (C=O) groups is 2. The Balaban J connectivity index is 2.01. The van der Waals surface area contributed by atoms with Crippen LogP contribution in [0.2, 0.25) is 0 Å². The minimum absolute atomic E-state index is 0.0962. The number of nitrogens with one attached hydrogen (secondary N) is 2. The first-order chi connectivity index (χ1) is 10.5. The number of hydrogen-bond donors (Lipinski definition) is 2. The maximum absolute atomic E-state index is 12.3. The van der Waals surface area contributed by atoms with Crippen molar-refractivity contribution in [1.82, 2.24) is 0 Å². The number of hydrogen-bond acceptors (Lipinski definition) is 2. The van der Waals surface area contributed by atoms with Crippen LogP contribution in [0.1, 0.15) is 25.5 Å². The number of carbonyl (C=O) groups excluding carboxylic acids is 2. The van der Waals surface area contributed by atoms with Gasteiger partial charge in [-0.1, -0.05) is 0 Å². The second-order valence-electron chi connectivity index (χ2n) is 5.25. The van der Waals surface area contributed by atoms with Gasteiger partial charge in [0.25, 0.3) is 5.91 Å². The first-order valence-electron chi connectivity index (χ1n) is 7.11. The van der Waals surface area contributed by atoms with E-state index < -0.39 is 0 Å². The number of nitrogens with zero attached hydrogens (tertiary/aromatic N) is 1. The summed E-state index contributed by atoms with van der Waals surface area (Å²) in [4.78, 5) is 23.2. The van der Waals surface area contributed by atoms with Crippen molar-refractivity contribution >= 4 is 23.2 Å². The van der Waals surface area contributed by atoms with Crippen molar-refractivity contribution in [2.24, 2.45) is 0 Å². The SMILES string of the molecule is CC(=O)Nc1ccc(NC(=O)[C@H](C)[n+]2ccc(C)cc2)cc1. The molecular weight excluding hydrogens is 278 g/mol. The van der Waals surface area contributed by atoms with E-state index in [1.165, 1.54) is 6.92 Å². The molecule has 0 aliphatic heterocycles. The van der Waals surface area contributed by atoms with Gasteiger partial charge in [0.05, 0.1) is 0 Å². The highest BCUT2D eigenvalue weighted by Gasteiger charge is 2.21. The van der Waals surface area contributed by atoms with Gasteiger partial charge in [0.15, 0.2) is 12.4 Å². The Morgan fingerprint density at radius 3 is 1.95 bits per heavy atom. The molecule has 2 rings (SSSR count). The zero-order valence-electron chi connectivity index (χ0n) is 13.0. The number of aromatic nitrogens is 1. The van der Waals surface area contributed by atoms with E-state index in [9.17, 15) is 9.59 Å². The van der Waals surface area contributed by atoms with Gasteiger partial charge in [-0.3, -0.25) is 9.59 Å². The van der Waals surface area contributed by atoms with Gasteiger partial charge >= 0.3 is 0 Å². The van der Waals surface area contributed by atoms with E-state index in [4.69, 9.17) is 0 Å². The largest absolute Gasteiger partial charge is 0.326 e. The molecule has 1 aromatic heterocycles. The zero-order chi connectivity index (χ0) is 16.1. The predicted molar refractivity (Wildman–Crippen MR) is 85.5 cm³/mol. The second kappa shape index (κ2) is 6.85. The van der Waals surface area contributed by atoms with Crippen molar-refractivity contribution < 1.29 is 14.2 Å². The predicted octanol–water partition coefficient (Wildman–Crippen LogP) is 2.44. The van der Waals surface area contributed by atoms with Crippen LogP contribution in [-0.4, -0.2) is 11.8 Å². The van der Waals surface area contributed by atoms with Crippen LogP contribution in [0.15, 0.2) is 48.8 Å². The molecule has 0 spiro atoms. The number of pyridine rings is 1. The van der Waals surface area contributed by atoms with Crippen LogP contribution in [0.25, 0.3) is 0 Å². The van der Waals surface area contributed by atoms with Crippen molar-refractivity contribution in [3.8, 4) is 0 Å². The lowest BCUT2D eigenvalue weighted by Gasteiger charge is -2.09. The molecule has 1 aromatic carbocycles. The molecule has 0 fully saturated rings. The molecule has 0 unspecified atom stereocenters. The second-order valence-corrected chi connectivity index (χ2v) is 5.25. The van der Waals surface area contributed by atoms with Crippen molar-refractivity contribution in [2.45, 2.75) is 26.8 Å². The van der Waals surface area contributed by atoms with Crippen molar-refractivity contribution in [2.75, 3.05) is 10.6 Å². The highest BCUT2D eigenvalue weighted by atomic mass is 16.2. The Hall–Kier alpha value is -2.69.